The van der Waals surface area contributed by atoms with Gasteiger partial charge in [-0.2, -0.15) is 5.10 Å². The zero-order chi connectivity index (χ0) is 15.1. The first kappa shape index (κ1) is 16.5. The van der Waals surface area contributed by atoms with Crippen LogP contribution in [0.15, 0.2) is 18.5 Å². The number of likely N-dealkylation sites (tertiary alicyclic amines) is 1. The SMILES string of the molecule is CC(C)(C)C1CCN(CCCCOCn2cccn2)CC1. The predicted molar refractivity (Wildman–Crippen MR) is 86.0 cm³/mol. The van der Waals surface area contributed by atoms with Gasteiger partial charge in [-0.15, -0.1) is 0 Å². The van der Waals surface area contributed by atoms with Crippen molar-refractivity contribution in [3.05, 3.63) is 18.5 Å². The van der Waals surface area contributed by atoms with E-state index in [9.17, 15) is 0 Å². The molecule has 0 aliphatic carbocycles. The van der Waals surface area contributed by atoms with E-state index in [2.05, 4.69) is 30.8 Å². The summed E-state index contributed by atoms with van der Waals surface area (Å²) < 4.78 is 7.43. The average Bonchev–Trinajstić information content (AvgIpc) is 2.95. The Hall–Kier alpha value is -0.870. The van der Waals surface area contributed by atoms with Gasteiger partial charge in [0.15, 0.2) is 0 Å². The molecule has 0 spiro atoms. The molecule has 0 atom stereocenters. The van der Waals surface area contributed by atoms with Crippen molar-refractivity contribution in [3.63, 3.8) is 0 Å². The van der Waals surface area contributed by atoms with E-state index in [1.54, 1.807) is 6.20 Å². The molecule has 0 saturated carbocycles. The van der Waals surface area contributed by atoms with Crippen molar-refractivity contribution >= 4 is 0 Å². The summed E-state index contributed by atoms with van der Waals surface area (Å²) in [5.74, 6) is 0.895. The van der Waals surface area contributed by atoms with Crippen molar-refractivity contribution in [1.29, 1.82) is 0 Å². The molecule has 4 nitrogen and oxygen atoms in total. The van der Waals surface area contributed by atoms with Crippen LogP contribution in [0.2, 0.25) is 0 Å². The van der Waals surface area contributed by atoms with E-state index in [4.69, 9.17) is 4.74 Å². The lowest BCUT2D eigenvalue weighted by Gasteiger charge is -2.38. The molecule has 1 aromatic rings. The summed E-state index contributed by atoms with van der Waals surface area (Å²) in [6.45, 7) is 12.3. The number of hydrogen-bond acceptors (Lipinski definition) is 3. The molecule has 2 heterocycles. The van der Waals surface area contributed by atoms with Crippen LogP contribution in [-0.2, 0) is 11.5 Å². The fourth-order valence-electron chi connectivity index (χ4n) is 3.10. The van der Waals surface area contributed by atoms with Crippen LogP contribution in [0.1, 0.15) is 46.5 Å². The third-order valence-corrected chi connectivity index (χ3v) is 4.61. The second-order valence-electron chi connectivity index (χ2n) is 7.27. The Bertz CT molecular complexity index is 375. The zero-order valence-corrected chi connectivity index (χ0v) is 13.9. The Morgan fingerprint density at radius 1 is 1.19 bits per heavy atom. The van der Waals surface area contributed by atoms with E-state index in [0.29, 0.717) is 12.1 Å². The molecule has 1 saturated heterocycles. The van der Waals surface area contributed by atoms with Crippen LogP contribution in [0.4, 0.5) is 0 Å². The zero-order valence-electron chi connectivity index (χ0n) is 13.9. The smallest absolute Gasteiger partial charge is 0.139 e. The molecule has 120 valence electrons. The molecule has 1 fully saturated rings. The maximum Gasteiger partial charge on any atom is 0.139 e. The number of hydrogen-bond donors (Lipinski definition) is 0. The van der Waals surface area contributed by atoms with Crippen LogP contribution >= 0.6 is 0 Å². The maximum absolute atomic E-state index is 5.61. The highest BCUT2D eigenvalue weighted by atomic mass is 16.5. The number of ether oxygens (including phenoxy) is 1. The lowest BCUT2D eigenvalue weighted by atomic mass is 9.75. The van der Waals surface area contributed by atoms with Gasteiger partial charge in [0.1, 0.15) is 6.73 Å². The summed E-state index contributed by atoms with van der Waals surface area (Å²) in [6, 6.07) is 1.92. The second kappa shape index (κ2) is 7.95. The van der Waals surface area contributed by atoms with Gasteiger partial charge >= 0.3 is 0 Å². The van der Waals surface area contributed by atoms with Crippen molar-refractivity contribution in [1.82, 2.24) is 14.7 Å². The number of piperidine rings is 1. The van der Waals surface area contributed by atoms with Crippen LogP contribution in [0.5, 0.6) is 0 Å². The Balaban J connectivity index is 1.48. The third-order valence-electron chi connectivity index (χ3n) is 4.61. The highest BCUT2D eigenvalue weighted by molar-refractivity contribution is 4.80. The summed E-state index contributed by atoms with van der Waals surface area (Å²) >= 11 is 0. The molecule has 1 aliphatic rings. The van der Waals surface area contributed by atoms with Gasteiger partial charge in [0.2, 0.25) is 0 Å². The van der Waals surface area contributed by atoms with Gasteiger partial charge in [-0.05, 0) is 62.7 Å². The first-order valence-electron chi connectivity index (χ1n) is 8.33. The fraction of sp³-hybridized carbons (Fsp3) is 0.824. The Kier molecular flexibility index (Phi) is 6.24. The van der Waals surface area contributed by atoms with Gasteiger partial charge in [-0.1, -0.05) is 20.8 Å². The van der Waals surface area contributed by atoms with Gasteiger partial charge in [0, 0.05) is 19.0 Å². The molecule has 1 aromatic heterocycles. The van der Waals surface area contributed by atoms with Gasteiger partial charge in [0.25, 0.3) is 0 Å². The molecule has 0 N–H and O–H groups in total. The maximum atomic E-state index is 5.61. The van der Waals surface area contributed by atoms with Crippen LogP contribution in [0.3, 0.4) is 0 Å². The first-order valence-corrected chi connectivity index (χ1v) is 8.33. The van der Waals surface area contributed by atoms with E-state index in [-0.39, 0.29) is 0 Å². The van der Waals surface area contributed by atoms with Gasteiger partial charge in [0.05, 0.1) is 0 Å². The molecule has 21 heavy (non-hydrogen) atoms. The molecule has 0 aromatic carbocycles. The molecule has 0 unspecified atom stereocenters. The van der Waals surface area contributed by atoms with E-state index in [0.717, 1.165) is 18.9 Å². The Morgan fingerprint density at radius 2 is 1.95 bits per heavy atom. The van der Waals surface area contributed by atoms with Crippen molar-refractivity contribution < 1.29 is 4.74 Å². The standard InChI is InChI=1S/C17H31N3O/c1-17(2,3)16-7-12-19(13-8-16)10-4-5-14-21-15-20-11-6-9-18-20/h6,9,11,16H,4-5,7-8,10,12-15H2,1-3H3. The summed E-state index contributed by atoms with van der Waals surface area (Å²) in [6.07, 6.45) is 8.81. The van der Waals surface area contributed by atoms with Crippen LogP contribution in [-0.4, -0.2) is 40.9 Å². The quantitative estimate of drug-likeness (QED) is 0.722. The Morgan fingerprint density at radius 3 is 2.57 bits per heavy atom. The van der Waals surface area contributed by atoms with E-state index >= 15 is 0 Å². The highest BCUT2D eigenvalue weighted by Gasteiger charge is 2.28. The number of unbranched alkanes of at least 4 members (excludes halogenated alkanes) is 1. The molecule has 0 bridgehead atoms. The van der Waals surface area contributed by atoms with E-state index < -0.39 is 0 Å². The first-order chi connectivity index (χ1) is 10.1. The van der Waals surface area contributed by atoms with Crippen LogP contribution in [0.25, 0.3) is 0 Å². The molecular weight excluding hydrogens is 262 g/mol. The van der Waals surface area contributed by atoms with Crippen molar-refractivity contribution in [2.24, 2.45) is 11.3 Å². The van der Waals surface area contributed by atoms with E-state index in [1.807, 2.05) is 16.9 Å². The number of rotatable bonds is 7. The average molecular weight is 293 g/mol. The molecule has 0 amide bonds. The molecule has 1 aliphatic heterocycles. The molecule has 4 heteroatoms. The molecule has 2 rings (SSSR count). The number of aromatic nitrogens is 2. The Labute approximate surface area is 129 Å². The van der Waals surface area contributed by atoms with Gasteiger partial charge < -0.3 is 9.64 Å². The number of nitrogens with zero attached hydrogens (tertiary/aromatic N) is 3. The van der Waals surface area contributed by atoms with Gasteiger partial charge in [-0.3, -0.25) is 0 Å². The lowest BCUT2D eigenvalue weighted by Crippen LogP contribution is -2.38. The predicted octanol–water partition coefficient (Wildman–Crippen LogP) is 3.40. The largest absolute Gasteiger partial charge is 0.359 e. The summed E-state index contributed by atoms with van der Waals surface area (Å²) in [5.41, 5.74) is 0.479. The molecular formula is C17H31N3O. The monoisotopic (exact) mass is 293 g/mol. The normalized spacial score (nSPS) is 18.2. The van der Waals surface area contributed by atoms with Gasteiger partial charge in [-0.25, -0.2) is 4.68 Å². The van der Waals surface area contributed by atoms with Crippen LogP contribution < -0.4 is 0 Å². The van der Waals surface area contributed by atoms with Crippen LogP contribution in [0, 0.1) is 11.3 Å². The van der Waals surface area contributed by atoms with Crippen molar-refractivity contribution in [2.75, 3.05) is 26.2 Å². The van der Waals surface area contributed by atoms with E-state index in [1.165, 1.54) is 38.9 Å². The van der Waals surface area contributed by atoms with Crippen molar-refractivity contribution in [2.45, 2.75) is 53.2 Å². The third kappa shape index (κ3) is 5.79. The topological polar surface area (TPSA) is 30.3 Å². The summed E-state index contributed by atoms with van der Waals surface area (Å²) in [5, 5.41) is 4.12. The minimum absolute atomic E-state index is 0.479. The molecule has 0 radical (unpaired) electrons. The fourth-order valence-corrected chi connectivity index (χ4v) is 3.10. The van der Waals surface area contributed by atoms with Crippen molar-refractivity contribution in [3.8, 4) is 0 Å². The summed E-state index contributed by atoms with van der Waals surface area (Å²) in [7, 11) is 0. The highest BCUT2D eigenvalue weighted by Crippen LogP contribution is 2.34. The minimum atomic E-state index is 0.479. The lowest BCUT2D eigenvalue weighted by molar-refractivity contribution is 0.0621. The second-order valence-corrected chi connectivity index (χ2v) is 7.27. The minimum Gasteiger partial charge on any atom is -0.359 e. The summed E-state index contributed by atoms with van der Waals surface area (Å²) in [4.78, 5) is 2.62.